The van der Waals surface area contributed by atoms with E-state index in [9.17, 15) is 9.59 Å². The number of methoxy groups -OCH3 is 1. The van der Waals surface area contributed by atoms with E-state index in [2.05, 4.69) is 11.8 Å². The molecule has 1 rings (SSSR count). The van der Waals surface area contributed by atoms with Crippen molar-refractivity contribution >= 4 is 23.2 Å². The third-order valence-corrected chi connectivity index (χ3v) is 2.63. The van der Waals surface area contributed by atoms with Crippen LogP contribution >= 0.6 is 11.8 Å². The highest BCUT2D eigenvalue weighted by atomic mass is 32.2. The van der Waals surface area contributed by atoms with Gasteiger partial charge in [-0.15, -0.1) is 0 Å². The fourth-order valence-electron chi connectivity index (χ4n) is 1.17. The molecule has 0 radical (unpaired) electrons. The molecule has 1 aromatic rings. The fourth-order valence-corrected chi connectivity index (χ4v) is 1.51. The van der Waals surface area contributed by atoms with Crippen molar-refractivity contribution in [1.82, 2.24) is 0 Å². The molecule has 0 amide bonds. The van der Waals surface area contributed by atoms with E-state index in [0.29, 0.717) is 22.6 Å². The Morgan fingerprint density at radius 1 is 1.53 bits per heavy atom. The van der Waals surface area contributed by atoms with Gasteiger partial charge in [0, 0.05) is 12.5 Å². The molecule has 0 saturated heterocycles. The van der Waals surface area contributed by atoms with Crippen molar-refractivity contribution in [3.8, 4) is 17.6 Å². The standard InChI is InChI=1S/C13H12O3S/c1-10(15)17-7-3-4-12-8-11(9-14)5-6-13(12)16-2/h5-6,8-9H,7H2,1-2H3. The van der Waals surface area contributed by atoms with Gasteiger partial charge in [0.05, 0.1) is 18.4 Å². The third kappa shape index (κ3) is 4.33. The van der Waals surface area contributed by atoms with Crippen LogP contribution in [0.1, 0.15) is 22.8 Å². The summed E-state index contributed by atoms with van der Waals surface area (Å²) < 4.78 is 5.13. The molecule has 0 fully saturated rings. The van der Waals surface area contributed by atoms with Crippen LogP contribution in [-0.2, 0) is 4.79 Å². The summed E-state index contributed by atoms with van der Waals surface area (Å²) in [6, 6.07) is 5.03. The summed E-state index contributed by atoms with van der Waals surface area (Å²) in [5.74, 6) is 6.80. The minimum absolute atomic E-state index is 0.0351. The molecule has 0 aliphatic heterocycles. The first-order chi connectivity index (χ1) is 8.17. The van der Waals surface area contributed by atoms with Crippen molar-refractivity contribution in [2.45, 2.75) is 6.92 Å². The molecule has 0 aliphatic carbocycles. The molecule has 0 aliphatic rings. The summed E-state index contributed by atoms with van der Waals surface area (Å²) in [5.41, 5.74) is 1.20. The normalized spacial score (nSPS) is 9.06. The highest BCUT2D eigenvalue weighted by Crippen LogP contribution is 2.18. The molecule has 0 bridgehead atoms. The molecular weight excluding hydrogens is 236 g/mol. The summed E-state index contributed by atoms with van der Waals surface area (Å²) in [6.45, 7) is 1.50. The monoisotopic (exact) mass is 248 g/mol. The lowest BCUT2D eigenvalue weighted by atomic mass is 10.1. The van der Waals surface area contributed by atoms with Crippen molar-refractivity contribution in [2.75, 3.05) is 12.9 Å². The molecule has 0 saturated carbocycles. The number of rotatable bonds is 3. The van der Waals surface area contributed by atoms with Crippen LogP contribution in [0.2, 0.25) is 0 Å². The number of carbonyl (C=O) groups is 2. The molecule has 0 heterocycles. The first-order valence-electron chi connectivity index (χ1n) is 4.93. The van der Waals surface area contributed by atoms with Crippen LogP contribution in [-0.4, -0.2) is 24.3 Å². The van der Waals surface area contributed by atoms with Gasteiger partial charge >= 0.3 is 0 Å². The van der Waals surface area contributed by atoms with Gasteiger partial charge < -0.3 is 4.74 Å². The Labute approximate surface area is 105 Å². The predicted molar refractivity (Wildman–Crippen MR) is 68.4 cm³/mol. The van der Waals surface area contributed by atoms with Crippen molar-refractivity contribution in [3.63, 3.8) is 0 Å². The molecule has 1 aromatic carbocycles. The molecule has 0 unspecified atom stereocenters. The highest BCUT2D eigenvalue weighted by Gasteiger charge is 2.01. The Morgan fingerprint density at radius 3 is 2.88 bits per heavy atom. The largest absolute Gasteiger partial charge is 0.495 e. The van der Waals surface area contributed by atoms with Gasteiger partial charge in [-0.3, -0.25) is 9.59 Å². The number of ether oxygens (including phenoxy) is 1. The highest BCUT2D eigenvalue weighted by molar-refractivity contribution is 8.13. The Morgan fingerprint density at radius 2 is 2.29 bits per heavy atom. The first-order valence-corrected chi connectivity index (χ1v) is 5.91. The lowest BCUT2D eigenvalue weighted by Crippen LogP contribution is -1.90. The van der Waals surface area contributed by atoms with Crippen LogP contribution in [0.15, 0.2) is 18.2 Å². The summed E-state index contributed by atoms with van der Waals surface area (Å²) in [4.78, 5) is 21.3. The molecule has 3 nitrogen and oxygen atoms in total. The Kier molecular flexibility index (Phi) is 5.31. The lowest BCUT2D eigenvalue weighted by molar-refractivity contribution is -0.109. The van der Waals surface area contributed by atoms with E-state index >= 15 is 0 Å². The van der Waals surface area contributed by atoms with Crippen molar-refractivity contribution < 1.29 is 14.3 Å². The van der Waals surface area contributed by atoms with Gasteiger partial charge in [0.25, 0.3) is 0 Å². The lowest BCUT2D eigenvalue weighted by Gasteiger charge is -2.02. The SMILES string of the molecule is COc1ccc(C=O)cc1C#CCSC(C)=O. The van der Waals surface area contributed by atoms with Crippen LogP contribution in [0.4, 0.5) is 0 Å². The summed E-state index contributed by atoms with van der Waals surface area (Å²) in [5, 5.41) is 0.0351. The second kappa shape index (κ2) is 6.77. The molecule has 0 atom stereocenters. The molecule has 0 aromatic heterocycles. The smallest absolute Gasteiger partial charge is 0.186 e. The van der Waals surface area contributed by atoms with Gasteiger partial charge in [-0.1, -0.05) is 23.6 Å². The van der Waals surface area contributed by atoms with E-state index in [0.717, 1.165) is 18.0 Å². The zero-order valence-corrected chi connectivity index (χ0v) is 10.5. The summed E-state index contributed by atoms with van der Waals surface area (Å²) in [7, 11) is 1.55. The van der Waals surface area contributed by atoms with Crippen LogP contribution < -0.4 is 4.74 Å². The Bertz CT molecular complexity index is 483. The Hall–Kier alpha value is -1.73. The average molecular weight is 248 g/mol. The summed E-state index contributed by atoms with van der Waals surface area (Å²) in [6.07, 6.45) is 0.759. The average Bonchev–Trinajstić information content (AvgIpc) is 2.34. The second-order valence-corrected chi connectivity index (χ2v) is 4.31. The van der Waals surface area contributed by atoms with Crippen molar-refractivity contribution in [2.24, 2.45) is 0 Å². The number of carbonyl (C=O) groups excluding carboxylic acids is 2. The molecule has 17 heavy (non-hydrogen) atoms. The van der Waals surface area contributed by atoms with Crippen LogP contribution in [0.25, 0.3) is 0 Å². The Balaban J connectivity index is 2.87. The van der Waals surface area contributed by atoms with Gasteiger partial charge in [0.15, 0.2) is 5.12 Å². The van der Waals surface area contributed by atoms with Crippen LogP contribution in [0.3, 0.4) is 0 Å². The number of thioether (sulfide) groups is 1. The van der Waals surface area contributed by atoms with Gasteiger partial charge in [0.1, 0.15) is 12.0 Å². The maximum atomic E-state index is 10.7. The maximum absolute atomic E-state index is 10.7. The van der Waals surface area contributed by atoms with E-state index in [1.165, 1.54) is 6.92 Å². The quantitative estimate of drug-likeness (QED) is 0.607. The van der Waals surface area contributed by atoms with E-state index in [1.807, 2.05) is 0 Å². The van der Waals surface area contributed by atoms with Crippen LogP contribution in [0, 0.1) is 11.8 Å². The third-order valence-electron chi connectivity index (χ3n) is 1.93. The van der Waals surface area contributed by atoms with Gasteiger partial charge in [-0.25, -0.2) is 0 Å². The zero-order valence-electron chi connectivity index (χ0n) is 9.65. The predicted octanol–water partition coefficient (Wildman–Crippen LogP) is 2.14. The molecule has 4 heteroatoms. The number of aldehydes is 1. The number of benzene rings is 1. The zero-order chi connectivity index (χ0) is 12.7. The van der Waals surface area contributed by atoms with Gasteiger partial charge in [-0.05, 0) is 18.2 Å². The van der Waals surface area contributed by atoms with Crippen LogP contribution in [0.5, 0.6) is 5.75 Å². The van der Waals surface area contributed by atoms with Crippen molar-refractivity contribution in [3.05, 3.63) is 29.3 Å². The molecule has 0 N–H and O–H groups in total. The summed E-state index contributed by atoms with van der Waals surface area (Å²) >= 11 is 1.15. The molecular formula is C13H12O3S. The number of hydrogen-bond donors (Lipinski definition) is 0. The fraction of sp³-hybridized carbons (Fsp3) is 0.231. The van der Waals surface area contributed by atoms with E-state index in [4.69, 9.17) is 4.74 Å². The molecule has 0 spiro atoms. The minimum atomic E-state index is 0.0351. The minimum Gasteiger partial charge on any atom is -0.495 e. The van der Waals surface area contributed by atoms with E-state index in [1.54, 1.807) is 25.3 Å². The number of hydrogen-bond acceptors (Lipinski definition) is 4. The first kappa shape index (κ1) is 13.3. The maximum Gasteiger partial charge on any atom is 0.186 e. The van der Waals surface area contributed by atoms with Gasteiger partial charge in [0.2, 0.25) is 0 Å². The molecule has 88 valence electrons. The second-order valence-electron chi connectivity index (χ2n) is 3.16. The van der Waals surface area contributed by atoms with Gasteiger partial charge in [-0.2, -0.15) is 0 Å². The van der Waals surface area contributed by atoms with E-state index < -0.39 is 0 Å². The topological polar surface area (TPSA) is 43.4 Å². The van der Waals surface area contributed by atoms with E-state index in [-0.39, 0.29) is 5.12 Å². The van der Waals surface area contributed by atoms with Crippen molar-refractivity contribution in [1.29, 1.82) is 0 Å².